The number of likely N-dealkylation sites (N-methyl/N-ethyl adjacent to an activating group) is 1. The lowest BCUT2D eigenvalue weighted by atomic mass is 10.0. The van der Waals surface area contributed by atoms with Gasteiger partial charge in [0.15, 0.2) is 0 Å². The molecule has 3 nitrogen and oxygen atoms in total. The molecule has 1 aromatic heterocycles. The number of hydrogen-bond acceptors (Lipinski definition) is 3. The van der Waals surface area contributed by atoms with Crippen LogP contribution in [0.4, 0.5) is 0 Å². The number of aryl methyl sites for hydroxylation is 1. The van der Waals surface area contributed by atoms with Gasteiger partial charge in [0.1, 0.15) is 5.94 Å². The predicted octanol–water partition coefficient (Wildman–Crippen LogP) is 1.17. The number of nitrogens with zero attached hydrogens (tertiary/aromatic N) is 2. The molecule has 0 N–H and O–H groups in total. The first-order valence-electron chi connectivity index (χ1n) is 4.45. The maximum Gasteiger partial charge on any atom is 0.129 e. The molecule has 0 amide bonds. The molecule has 0 aliphatic rings. The van der Waals surface area contributed by atoms with Crippen molar-refractivity contribution in [1.29, 1.82) is 0 Å². The van der Waals surface area contributed by atoms with E-state index in [1.807, 2.05) is 37.9 Å². The van der Waals surface area contributed by atoms with Gasteiger partial charge in [-0.3, -0.25) is 4.98 Å². The van der Waals surface area contributed by atoms with Gasteiger partial charge in [0.25, 0.3) is 0 Å². The fraction of sp³-hybridized carbons (Fsp3) is 0.364. The standard InChI is InChI=1S/C11H14N2O/c1-9-6-12-5-4-11(9)10(8-14)7-13(2)3/h4-6H,7H2,1-3H3. The topological polar surface area (TPSA) is 33.2 Å². The van der Waals surface area contributed by atoms with Crippen LogP contribution < -0.4 is 0 Å². The van der Waals surface area contributed by atoms with Crippen molar-refractivity contribution in [3.05, 3.63) is 29.6 Å². The third-order valence-electron chi connectivity index (χ3n) is 1.94. The molecule has 0 aromatic carbocycles. The Hall–Kier alpha value is -1.44. The van der Waals surface area contributed by atoms with Gasteiger partial charge in [-0.25, -0.2) is 4.79 Å². The molecule has 1 heterocycles. The van der Waals surface area contributed by atoms with Crippen LogP contribution in [-0.2, 0) is 4.79 Å². The largest absolute Gasteiger partial charge is 0.304 e. The third kappa shape index (κ3) is 2.52. The molecule has 14 heavy (non-hydrogen) atoms. The first-order valence-corrected chi connectivity index (χ1v) is 4.45. The second-order valence-electron chi connectivity index (χ2n) is 3.51. The first-order chi connectivity index (χ1) is 6.65. The number of hydrogen-bond donors (Lipinski definition) is 0. The van der Waals surface area contributed by atoms with Crippen LogP contribution >= 0.6 is 0 Å². The van der Waals surface area contributed by atoms with Crippen LogP contribution in [-0.4, -0.2) is 36.5 Å². The van der Waals surface area contributed by atoms with Crippen molar-refractivity contribution >= 4 is 11.5 Å². The smallest absolute Gasteiger partial charge is 0.129 e. The Morgan fingerprint density at radius 1 is 1.57 bits per heavy atom. The third-order valence-corrected chi connectivity index (χ3v) is 1.94. The van der Waals surface area contributed by atoms with Crippen molar-refractivity contribution in [3.63, 3.8) is 0 Å². The average Bonchev–Trinajstić information content (AvgIpc) is 2.15. The number of pyridine rings is 1. The van der Waals surface area contributed by atoms with E-state index in [0.29, 0.717) is 12.1 Å². The SMILES string of the molecule is Cc1cnccc1C(=C=O)CN(C)C. The van der Waals surface area contributed by atoms with Crippen molar-refractivity contribution in [2.75, 3.05) is 20.6 Å². The van der Waals surface area contributed by atoms with Crippen LogP contribution in [0.5, 0.6) is 0 Å². The maximum absolute atomic E-state index is 10.8. The van der Waals surface area contributed by atoms with Gasteiger partial charge in [-0.15, -0.1) is 0 Å². The average molecular weight is 190 g/mol. The minimum atomic E-state index is 0.606. The van der Waals surface area contributed by atoms with Crippen molar-refractivity contribution in [3.8, 4) is 0 Å². The lowest BCUT2D eigenvalue weighted by Crippen LogP contribution is -2.15. The molecule has 1 aromatic rings. The van der Waals surface area contributed by atoms with Crippen molar-refractivity contribution < 1.29 is 4.79 Å². The van der Waals surface area contributed by atoms with E-state index in [-0.39, 0.29) is 0 Å². The van der Waals surface area contributed by atoms with Gasteiger partial charge >= 0.3 is 0 Å². The summed E-state index contributed by atoms with van der Waals surface area (Å²) in [5.74, 6) is 1.99. The lowest BCUT2D eigenvalue weighted by Gasteiger charge is -2.11. The Kier molecular flexibility index (Phi) is 3.57. The van der Waals surface area contributed by atoms with Crippen LogP contribution in [0.2, 0.25) is 0 Å². The summed E-state index contributed by atoms with van der Waals surface area (Å²) in [4.78, 5) is 16.7. The van der Waals surface area contributed by atoms with E-state index >= 15 is 0 Å². The van der Waals surface area contributed by atoms with Gasteiger partial charge in [-0.1, -0.05) is 0 Å². The fourth-order valence-corrected chi connectivity index (χ4v) is 1.30. The normalized spacial score (nSPS) is 10.0. The molecule has 1 rings (SSSR count). The molecule has 3 heteroatoms. The van der Waals surface area contributed by atoms with Gasteiger partial charge in [0.05, 0.1) is 5.57 Å². The minimum absolute atomic E-state index is 0.606. The highest BCUT2D eigenvalue weighted by molar-refractivity contribution is 5.89. The van der Waals surface area contributed by atoms with Crippen molar-refractivity contribution in [2.24, 2.45) is 0 Å². The van der Waals surface area contributed by atoms with Gasteiger partial charge in [-0.2, -0.15) is 0 Å². The molecule has 0 atom stereocenters. The molecule has 0 fully saturated rings. The van der Waals surface area contributed by atoms with Gasteiger partial charge in [0.2, 0.25) is 0 Å². The Labute approximate surface area is 84.1 Å². The van der Waals surface area contributed by atoms with Gasteiger partial charge < -0.3 is 4.90 Å². The summed E-state index contributed by atoms with van der Waals surface area (Å²) in [7, 11) is 3.85. The zero-order chi connectivity index (χ0) is 10.6. The lowest BCUT2D eigenvalue weighted by molar-refractivity contribution is 0.462. The molecule has 0 aliphatic carbocycles. The van der Waals surface area contributed by atoms with Gasteiger partial charge in [0, 0.05) is 18.9 Å². The highest BCUT2D eigenvalue weighted by atomic mass is 16.1. The molecule has 0 saturated carbocycles. The Bertz CT molecular complexity index is 365. The van der Waals surface area contributed by atoms with Gasteiger partial charge in [-0.05, 0) is 38.2 Å². The summed E-state index contributed by atoms with van der Waals surface area (Å²) in [5.41, 5.74) is 2.62. The molecule has 0 radical (unpaired) electrons. The second kappa shape index (κ2) is 4.70. The summed E-state index contributed by atoms with van der Waals surface area (Å²) >= 11 is 0. The van der Waals surface area contributed by atoms with E-state index in [1.165, 1.54) is 0 Å². The number of carbonyl (C=O) groups excluding carboxylic acids is 1. The van der Waals surface area contributed by atoms with E-state index in [9.17, 15) is 4.79 Å². The Morgan fingerprint density at radius 3 is 2.79 bits per heavy atom. The number of aromatic nitrogens is 1. The monoisotopic (exact) mass is 190 g/mol. The Balaban J connectivity index is 3.03. The summed E-state index contributed by atoms with van der Waals surface area (Å²) in [6.45, 7) is 2.55. The maximum atomic E-state index is 10.8. The van der Waals surface area contributed by atoms with Crippen molar-refractivity contribution in [2.45, 2.75) is 6.92 Å². The van der Waals surface area contributed by atoms with E-state index < -0.39 is 0 Å². The molecular weight excluding hydrogens is 176 g/mol. The molecule has 0 bridgehead atoms. The molecular formula is C11H14N2O. The molecule has 0 spiro atoms. The van der Waals surface area contributed by atoms with Crippen molar-refractivity contribution in [1.82, 2.24) is 9.88 Å². The molecule has 0 aliphatic heterocycles. The van der Waals surface area contributed by atoms with E-state index in [4.69, 9.17) is 0 Å². The fourth-order valence-electron chi connectivity index (χ4n) is 1.30. The van der Waals surface area contributed by atoms with Crippen LogP contribution in [0, 0.1) is 6.92 Å². The zero-order valence-electron chi connectivity index (χ0n) is 8.74. The van der Waals surface area contributed by atoms with Crippen LogP contribution in [0.3, 0.4) is 0 Å². The molecule has 0 unspecified atom stereocenters. The van der Waals surface area contributed by atoms with Crippen LogP contribution in [0.1, 0.15) is 11.1 Å². The van der Waals surface area contributed by atoms with Crippen LogP contribution in [0.25, 0.3) is 5.57 Å². The second-order valence-corrected chi connectivity index (χ2v) is 3.51. The van der Waals surface area contributed by atoms with E-state index in [0.717, 1.165) is 11.1 Å². The molecule has 0 saturated heterocycles. The zero-order valence-corrected chi connectivity index (χ0v) is 8.74. The van der Waals surface area contributed by atoms with E-state index in [1.54, 1.807) is 12.4 Å². The van der Waals surface area contributed by atoms with E-state index in [2.05, 4.69) is 4.98 Å². The summed E-state index contributed by atoms with van der Waals surface area (Å²) < 4.78 is 0. The summed E-state index contributed by atoms with van der Waals surface area (Å²) in [6, 6.07) is 1.85. The molecule has 74 valence electrons. The highest BCUT2D eigenvalue weighted by Crippen LogP contribution is 2.15. The Morgan fingerprint density at radius 2 is 2.29 bits per heavy atom. The summed E-state index contributed by atoms with van der Waals surface area (Å²) in [6.07, 6.45) is 3.44. The predicted molar refractivity (Wildman–Crippen MR) is 56.6 cm³/mol. The highest BCUT2D eigenvalue weighted by Gasteiger charge is 2.06. The number of rotatable bonds is 3. The first kappa shape index (κ1) is 10.6. The minimum Gasteiger partial charge on any atom is -0.304 e. The summed E-state index contributed by atoms with van der Waals surface area (Å²) in [5, 5.41) is 0. The van der Waals surface area contributed by atoms with Crippen LogP contribution in [0.15, 0.2) is 18.5 Å². The quantitative estimate of drug-likeness (QED) is 0.671.